The quantitative estimate of drug-likeness (QED) is 0.791. The first kappa shape index (κ1) is 15.4. The number of rotatable bonds is 4. The molecule has 0 fully saturated rings. The molecule has 0 aliphatic rings. The number of nitrogens with one attached hydrogen (secondary N) is 2. The van der Waals surface area contributed by atoms with Crippen molar-refractivity contribution >= 4 is 27.9 Å². The van der Waals surface area contributed by atoms with E-state index in [1.807, 2.05) is 0 Å². The van der Waals surface area contributed by atoms with Crippen LogP contribution in [0.15, 0.2) is 22.7 Å². The van der Waals surface area contributed by atoms with Crippen LogP contribution in [-0.2, 0) is 11.3 Å². The third-order valence-electron chi connectivity index (χ3n) is 2.42. The van der Waals surface area contributed by atoms with Crippen LogP contribution in [0.3, 0.4) is 0 Å². The number of aliphatic carboxylic acids is 1. The lowest BCUT2D eigenvalue weighted by atomic mass is 10.1. The fraction of sp³-hybridized carbons (Fsp3) is 0.333. The van der Waals surface area contributed by atoms with Gasteiger partial charge in [0.25, 0.3) is 0 Å². The predicted molar refractivity (Wildman–Crippen MR) is 71.2 cm³/mol. The number of carboxylic acid groups (broad SMARTS) is 1. The van der Waals surface area contributed by atoms with Crippen molar-refractivity contribution in [2.45, 2.75) is 25.9 Å². The van der Waals surface area contributed by atoms with Crippen molar-refractivity contribution < 1.29 is 19.1 Å². The fourth-order valence-corrected chi connectivity index (χ4v) is 1.71. The van der Waals surface area contributed by atoms with E-state index < -0.39 is 17.5 Å². The Hall–Kier alpha value is -1.63. The van der Waals surface area contributed by atoms with E-state index in [-0.39, 0.29) is 12.4 Å². The van der Waals surface area contributed by atoms with Gasteiger partial charge >= 0.3 is 12.0 Å². The number of carboxylic acids is 1. The topological polar surface area (TPSA) is 78.4 Å². The molecule has 7 heteroatoms. The minimum absolute atomic E-state index is 0.155. The Morgan fingerprint density at radius 2 is 2.05 bits per heavy atom. The van der Waals surface area contributed by atoms with E-state index in [1.165, 1.54) is 32.0 Å². The number of amides is 2. The highest BCUT2D eigenvalue weighted by Gasteiger charge is 2.28. The Labute approximate surface area is 118 Å². The molecule has 19 heavy (non-hydrogen) atoms. The Morgan fingerprint density at radius 3 is 2.58 bits per heavy atom. The summed E-state index contributed by atoms with van der Waals surface area (Å²) in [5.74, 6) is -1.52. The second kappa shape index (κ2) is 6.01. The van der Waals surface area contributed by atoms with Crippen molar-refractivity contribution in [3.05, 3.63) is 34.1 Å². The summed E-state index contributed by atoms with van der Waals surface area (Å²) < 4.78 is 13.4. The maximum absolute atomic E-state index is 12.9. The highest BCUT2D eigenvalue weighted by Crippen LogP contribution is 2.17. The van der Waals surface area contributed by atoms with E-state index in [2.05, 4.69) is 26.6 Å². The van der Waals surface area contributed by atoms with Gasteiger partial charge in [0.2, 0.25) is 0 Å². The van der Waals surface area contributed by atoms with Crippen LogP contribution in [0.1, 0.15) is 19.4 Å². The summed E-state index contributed by atoms with van der Waals surface area (Å²) in [5, 5.41) is 13.7. The molecule has 0 spiro atoms. The van der Waals surface area contributed by atoms with Gasteiger partial charge in [-0.1, -0.05) is 22.0 Å². The van der Waals surface area contributed by atoms with E-state index in [9.17, 15) is 14.0 Å². The molecule has 0 atom stereocenters. The zero-order valence-corrected chi connectivity index (χ0v) is 12.0. The molecule has 0 aliphatic heterocycles. The lowest BCUT2D eigenvalue weighted by Crippen LogP contribution is -2.53. The number of hydrogen-bond acceptors (Lipinski definition) is 2. The van der Waals surface area contributed by atoms with Gasteiger partial charge in [0, 0.05) is 11.0 Å². The van der Waals surface area contributed by atoms with Crippen molar-refractivity contribution in [2.24, 2.45) is 0 Å². The average Bonchev–Trinajstić information content (AvgIpc) is 2.27. The summed E-state index contributed by atoms with van der Waals surface area (Å²) in [6.45, 7) is 2.91. The first-order valence-electron chi connectivity index (χ1n) is 5.45. The molecule has 5 nitrogen and oxygen atoms in total. The predicted octanol–water partition coefficient (Wildman–Crippen LogP) is 2.25. The maximum atomic E-state index is 12.9. The highest BCUT2D eigenvalue weighted by molar-refractivity contribution is 9.10. The van der Waals surface area contributed by atoms with Gasteiger partial charge in [-0.2, -0.15) is 0 Å². The SMILES string of the molecule is CC(C)(NC(=O)NCc1ccc(F)cc1Br)C(=O)O. The average molecular weight is 333 g/mol. The monoisotopic (exact) mass is 332 g/mol. The number of carbonyl (C=O) groups excluding carboxylic acids is 1. The molecule has 104 valence electrons. The first-order valence-corrected chi connectivity index (χ1v) is 6.25. The summed E-state index contributed by atoms with van der Waals surface area (Å²) in [4.78, 5) is 22.4. The number of hydrogen-bond donors (Lipinski definition) is 3. The zero-order chi connectivity index (χ0) is 14.6. The molecule has 0 unspecified atom stereocenters. The molecule has 3 N–H and O–H groups in total. The van der Waals surface area contributed by atoms with Gasteiger partial charge in [0.05, 0.1) is 0 Å². The van der Waals surface area contributed by atoms with E-state index >= 15 is 0 Å². The zero-order valence-electron chi connectivity index (χ0n) is 10.5. The van der Waals surface area contributed by atoms with Crippen LogP contribution in [0.5, 0.6) is 0 Å². The smallest absolute Gasteiger partial charge is 0.328 e. The molecule has 0 heterocycles. The van der Waals surface area contributed by atoms with Gasteiger partial charge < -0.3 is 15.7 Å². The van der Waals surface area contributed by atoms with Crippen LogP contribution in [0.25, 0.3) is 0 Å². The van der Waals surface area contributed by atoms with Crippen molar-refractivity contribution in [2.75, 3.05) is 0 Å². The Bertz CT molecular complexity index is 506. The number of halogens is 2. The molecular weight excluding hydrogens is 319 g/mol. The minimum Gasteiger partial charge on any atom is -0.480 e. The third-order valence-corrected chi connectivity index (χ3v) is 3.15. The van der Waals surface area contributed by atoms with Gasteiger partial charge in [-0.3, -0.25) is 0 Å². The molecule has 0 aliphatic carbocycles. The summed E-state index contributed by atoms with van der Waals surface area (Å²) in [7, 11) is 0. The molecular formula is C12H14BrFN2O3. The van der Waals surface area contributed by atoms with Crippen molar-refractivity contribution in [3.63, 3.8) is 0 Å². The largest absolute Gasteiger partial charge is 0.480 e. The molecule has 0 aromatic heterocycles. The van der Waals surface area contributed by atoms with Gasteiger partial charge in [-0.05, 0) is 31.5 Å². The summed E-state index contributed by atoms with van der Waals surface area (Å²) in [5.41, 5.74) is -0.672. The van der Waals surface area contributed by atoms with Crippen molar-refractivity contribution in [1.29, 1.82) is 0 Å². The van der Waals surface area contributed by atoms with Crippen LogP contribution < -0.4 is 10.6 Å². The Balaban J connectivity index is 2.57. The molecule has 1 aromatic carbocycles. The number of carbonyl (C=O) groups is 2. The van der Waals surface area contributed by atoms with E-state index in [1.54, 1.807) is 0 Å². The lowest BCUT2D eigenvalue weighted by molar-refractivity contribution is -0.142. The highest BCUT2D eigenvalue weighted by atomic mass is 79.9. The van der Waals surface area contributed by atoms with E-state index in [0.717, 1.165) is 0 Å². The summed E-state index contributed by atoms with van der Waals surface area (Å²) >= 11 is 3.18. The first-order chi connectivity index (χ1) is 8.72. The molecule has 1 aromatic rings. The minimum atomic E-state index is -1.36. The second-order valence-corrected chi connectivity index (χ2v) is 5.33. The van der Waals surface area contributed by atoms with E-state index in [4.69, 9.17) is 5.11 Å². The van der Waals surface area contributed by atoms with Crippen LogP contribution in [0.2, 0.25) is 0 Å². The van der Waals surface area contributed by atoms with Crippen LogP contribution in [0.4, 0.5) is 9.18 Å². The van der Waals surface area contributed by atoms with Crippen LogP contribution in [0, 0.1) is 5.82 Å². The molecule has 1 rings (SSSR count). The van der Waals surface area contributed by atoms with E-state index in [0.29, 0.717) is 10.0 Å². The standard InChI is InChI=1S/C12H14BrFN2O3/c1-12(2,10(17)18)16-11(19)15-6-7-3-4-8(14)5-9(7)13/h3-5H,6H2,1-2H3,(H,17,18)(H2,15,16,19). The summed E-state index contributed by atoms with van der Waals surface area (Å²) in [6.07, 6.45) is 0. The number of benzene rings is 1. The van der Waals surface area contributed by atoms with Gasteiger partial charge in [0.15, 0.2) is 0 Å². The third kappa shape index (κ3) is 4.51. The Morgan fingerprint density at radius 1 is 1.42 bits per heavy atom. The van der Waals surface area contributed by atoms with Crippen molar-refractivity contribution in [1.82, 2.24) is 10.6 Å². The molecule has 0 bridgehead atoms. The molecule has 0 saturated heterocycles. The second-order valence-electron chi connectivity index (χ2n) is 4.47. The van der Waals surface area contributed by atoms with Gasteiger partial charge in [0.1, 0.15) is 11.4 Å². The Kier molecular flexibility index (Phi) is 4.88. The lowest BCUT2D eigenvalue weighted by Gasteiger charge is -2.21. The van der Waals surface area contributed by atoms with Gasteiger partial charge in [-0.25, -0.2) is 14.0 Å². The van der Waals surface area contributed by atoms with Crippen LogP contribution in [-0.4, -0.2) is 22.6 Å². The number of urea groups is 1. The molecule has 0 saturated carbocycles. The van der Waals surface area contributed by atoms with Gasteiger partial charge in [-0.15, -0.1) is 0 Å². The van der Waals surface area contributed by atoms with Crippen LogP contribution >= 0.6 is 15.9 Å². The fourth-order valence-electron chi connectivity index (χ4n) is 1.22. The maximum Gasteiger partial charge on any atom is 0.328 e. The molecule has 0 radical (unpaired) electrons. The normalized spacial score (nSPS) is 10.9. The van der Waals surface area contributed by atoms with Crippen molar-refractivity contribution in [3.8, 4) is 0 Å². The summed E-state index contributed by atoms with van der Waals surface area (Å²) in [6, 6.07) is 3.49. The molecule has 2 amide bonds.